The molecule has 0 saturated carbocycles. The minimum Gasteiger partial charge on any atom is -0.493 e. The molecule has 0 fully saturated rings. The van der Waals surface area contributed by atoms with Gasteiger partial charge in [0.2, 0.25) is 0 Å². The number of halogens is 1. The molecule has 0 aliphatic heterocycles. The Labute approximate surface area is 119 Å². The molecule has 2 rings (SSSR count). The molecule has 0 heterocycles. The number of ether oxygens (including phenoxy) is 2. The van der Waals surface area contributed by atoms with Crippen LogP contribution < -0.4 is 9.47 Å². The highest BCUT2D eigenvalue weighted by molar-refractivity contribution is 14.1. The van der Waals surface area contributed by atoms with Gasteiger partial charge in [0.15, 0.2) is 11.5 Å². The van der Waals surface area contributed by atoms with E-state index in [2.05, 4.69) is 22.6 Å². The fraction of sp³-hybridized carbons (Fsp3) is 0.0714. The first-order valence-corrected chi connectivity index (χ1v) is 6.39. The Kier molecular flexibility index (Phi) is 4.19. The third kappa shape index (κ3) is 3.01. The normalized spacial score (nSPS) is 9.89. The van der Waals surface area contributed by atoms with E-state index in [0.717, 1.165) is 3.57 Å². The van der Waals surface area contributed by atoms with E-state index in [1.54, 1.807) is 30.3 Å². The Morgan fingerprint density at radius 3 is 2.22 bits per heavy atom. The maximum Gasteiger partial charge on any atom is 0.343 e. The van der Waals surface area contributed by atoms with Crippen LogP contribution in [0, 0.1) is 3.57 Å². The maximum atomic E-state index is 11.9. The highest BCUT2D eigenvalue weighted by atomic mass is 127. The molecule has 0 spiro atoms. The summed E-state index contributed by atoms with van der Waals surface area (Å²) in [5.74, 6) is 0.566. The molecule has 0 bridgehead atoms. The molecule has 0 amide bonds. The number of para-hydroxylation sites is 2. The van der Waals surface area contributed by atoms with E-state index in [1.807, 2.05) is 18.2 Å². The van der Waals surface area contributed by atoms with Crippen LogP contribution in [0.2, 0.25) is 0 Å². The Morgan fingerprint density at radius 1 is 1.00 bits per heavy atom. The molecule has 18 heavy (non-hydrogen) atoms. The first-order chi connectivity index (χ1) is 8.70. The highest BCUT2D eigenvalue weighted by Crippen LogP contribution is 2.26. The predicted molar refractivity (Wildman–Crippen MR) is 77.1 cm³/mol. The highest BCUT2D eigenvalue weighted by Gasteiger charge is 2.11. The topological polar surface area (TPSA) is 35.5 Å². The zero-order chi connectivity index (χ0) is 13.0. The minimum atomic E-state index is -0.393. The molecule has 92 valence electrons. The van der Waals surface area contributed by atoms with Gasteiger partial charge in [0.25, 0.3) is 0 Å². The summed E-state index contributed by atoms with van der Waals surface area (Å²) in [6.07, 6.45) is 0. The average Bonchev–Trinajstić information content (AvgIpc) is 2.40. The average molecular weight is 354 g/mol. The summed E-state index contributed by atoms with van der Waals surface area (Å²) in [5, 5.41) is 0. The zero-order valence-corrected chi connectivity index (χ0v) is 11.9. The lowest BCUT2D eigenvalue weighted by Gasteiger charge is -2.08. The van der Waals surface area contributed by atoms with Crippen LogP contribution in [0.5, 0.6) is 11.5 Å². The molecule has 0 unspecified atom stereocenters. The smallest absolute Gasteiger partial charge is 0.343 e. The Balaban J connectivity index is 2.18. The number of esters is 1. The van der Waals surface area contributed by atoms with Crippen molar-refractivity contribution in [3.05, 3.63) is 57.7 Å². The molecular weight excluding hydrogens is 343 g/mol. The van der Waals surface area contributed by atoms with E-state index in [-0.39, 0.29) is 0 Å². The van der Waals surface area contributed by atoms with Crippen LogP contribution in [0.15, 0.2) is 48.5 Å². The molecule has 3 nitrogen and oxygen atoms in total. The molecule has 2 aromatic carbocycles. The maximum absolute atomic E-state index is 11.9. The largest absolute Gasteiger partial charge is 0.493 e. The summed E-state index contributed by atoms with van der Waals surface area (Å²) < 4.78 is 11.5. The van der Waals surface area contributed by atoms with Crippen LogP contribution in [0.3, 0.4) is 0 Å². The number of carbonyl (C=O) groups excluding carboxylic acids is 1. The van der Waals surface area contributed by atoms with Crippen LogP contribution in [-0.2, 0) is 0 Å². The molecular formula is C14H11IO3. The first-order valence-electron chi connectivity index (χ1n) is 5.31. The predicted octanol–water partition coefficient (Wildman–Crippen LogP) is 3.52. The van der Waals surface area contributed by atoms with Gasteiger partial charge in [-0.3, -0.25) is 0 Å². The van der Waals surface area contributed by atoms with Crippen molar-refractivity contribution < 1.29 is 14.3 Å². The van der Waals surface area contributed by atoms with Crippen molar-refractivity contribution in [2.24, 2.45) is 0 Å². The number of rotatable bonds is 3. The third-order valence-corrected chi connectivity index (χ3v) is 3.07. The summed E-state index contributed by atoms with van der Waals surface area (Å²) in [6.45, 7) is 0. The van der Waals surface area contributed by atoms with E-state index >= 15 is 0 Å². The van der Waals surface area contributed by atoms with Gasteiger partial charge in [0, 0.05) is 3.57 Å². The molecule has 0 aromatic heterocycles. The van der Waals surface area contributed by atoms with Gasteiger partial charge in [-0.1, -0.05) is 12.1 Å². The third-order valence-electron chi connectivity index (χ3n) is 2.35. The molecule has 0 aliphatic rings. The lowest BCUT2D eigenvalue weighted by atomic mass is 10.2. The summed E-state index contributed by atoms with van der Waals surface area (Å²) in [5.41, 5.74) is 0.515. The Morgan fingerprint density at radius 2 is 1.61 bits per heavy atom. The Hall–Kier alpha value is -1.56. The number of hydrogen-bond donors (Lipinski definition) is 0. The van der Waals surface area contributed by atoms with Crippen LogP contribution in [0.1, 0.15) is 10.4 Å². The number of carbonyl (C=O) groups is 1. The molecule has 4 heteroatoms. The van der Waals surface area contributed by atoms with Crippen LogP contribution in [-0.4, -0.2) is 13.1 Å². The SMILES string of the molecule is COc1ccccc1OC(=O)c1ccc(I)cc1. The van der Waals surface area contributed by atoms with Gasteiger partial charge in [0.1, 0.15) is 0 Å². The number of hydrogen-bond acceptors (Lipinski definition) is 3. The van der Waals surface area contributed by atoms with E-state index < -0.39 is 5.97 Å². The second-order valence-electron chi connectivity index (χ2n) is 3.55. The van der Waals surface area contributed by atoms with Gasteiger partial charge < -0.3 is 9.47 Å². The van der Waals surface area contributed by atoms with E-state index in [0.29, 0.717) is 17.1 Å². The van der Waals surface area contributed by atoms with Crippen LogP contribution >= 0.6 is 22.6 Å². The van der Waals surface area contributed by atoms with Gasteiger partial charge in [-0.05, 0) is 59.0 Å². The minimum absolute atomic E-state index is 0.393. The molecule has 0 radical (unpaired) electrons. The lowest BCUT2D eigenvalue weighted by Crippen LogP contribution is -2.09. The van der Waals surface area contributed by atoms with E-state index in [9.17, 15) is 4.79 Å². The van der Waals surface area contributed by atoms with E-state index in [1.165, 1.54) is 7.11 Å². The fourth-order valence-corrected chi connectivity index (χ4v) is 1.81. The molecule has 0 saturated heterocycles. The number of benzene rings is 2. The van der Waals surface area contributed by atoms with Gasteiger partial charge in [0.05, 0.1) is 12.7 Å². The van der Waals surface area contributed by atoms with Crippen molar-refractivity contribution in [1.29, 1.82) is 0 Å². The van der Waals surface area contributed by atoms with Crippen molar-refractivity contribution in [2.75, 3.05) is 7.11 Å². The van der Waals surface area contributed by atoms with Gasteiger partial charge in [-0.25, -0.2) is 4.79 Å². The monoisotopic (exact) mass is 354 g/mol. The molecule has 2 aromatic rings. The second kappa shape index (κ2) is 5.86. The number of methoxy groups -OCH3 is 1. The van der Waals surface area contributed by atoms with Crippen molar-refractivity contribution in [3.63, 3.8) is 0 Å². The van der Waals surface area contributed by atoms with Gasteiger partial charge in [-0.15, -0.1) is 0 Å². The molecule has 0 N–H and O–H groups in total. The second-order valence-corrected chi connectivity index (χ2v) is 4.79. The van der Waals surface area contributed by atoms with Crippen molar-refractivity contribution in [1.82, 2.24) is 0 Å². The van der Waals surface area contributed by atoms with Crippen molar-refractivity contribution >= 4 is 28.6 Å². The van der Waals surface area contributed by atoms with E-state index in [4.69, 9.17) is 9.47 Å². The van der Waals surface area contributed by atoms with Crippen molar-refractivity contribution in [2.45, 2.75) is 0 Å². The first kappa shape index (κ1) is 12.9. The summed E-state index contributed by atoms with van der Waals surface area (Å²) >= 11 is 2.18. The van der Waals surface area contributed by atoms with Crippen LogP contribution in [0.25, 0.3) is 0 Å². The van der Waals surface area contributed by atoms with Crippen LogP contribution in [0.4, 0.5) is 0 Å². The summed E-state index contributed by atoms with van der Waals surface area (Å²) in [6, 6.07) is 14.2. The quantitative estimate of drug-likeness (QED) is 0.481. The summed E-state index contributed by atoms with van der Waals surface area (Å²) in [4.78, 5) is 11.9. The zero-order valence-electron chi connectivity index (χ0n) is 9.72. The Bertz CT molecular complexity index is 549. The summed E-state index contributed by atoms with van der Waals surface area (Å²) in [7, 11) is 1.54. The van der Waals surface area contributed by atoms with Gasteiger partial charge in [-0.2, -0.15) is 0 Å². The molecule has 0 aliphatic carbocycles. The lowest BCUT2D eigenvalue weighted by molar-refractivity contribution is 0.0729. The molecule has 0 atom stereocenters. The van der Waals surface area contributed by atoms with Crippen molar-refractivity contribution in [3.8, 4) is 11.5 Å². The standard InChI is InChI=1S/C14H11IO3/c1-17-12-4-2-3-5-13(12)18-14(16)10-6-8-11(15)9-7-10/h2-9H,1H3. The van der Waals surface area contributed by atoms with Gasteiger partial charge >= 0.3 is 5.97 Å². The fourth-order valence-electron chi connectivity index (χ4n) is 1.45.